The van der Waals surface area contributed by atoms with Crippen molar-refractivity contribution in [2.24, 2.45) is 5.92 Å². The van der Waals surface area contributed by atoms with E-state index in [2.05, 4.69) is 9.80 Å². The van der Waals surface area contributed by atoms with Crippen LogP contribution in [0.5, 0.6) is 0 Å². The number of carbonyl (C=O) groups is 1. The highest BCUT2D eigenvalue weighted by atomic mass is 16.5. The smallest absolute Gasteiger partial charge is 0.310 e. The standard InChI is InChI=1S/C9H17NO2.C6H13NO/c1-3-12-9(11)8-5-4-6-10(2)7-8;1-7-4-2-3-6(8)5-7/h8H,3-7H2,1-2H3;6,8H,2-5H2,1H3. The number of aliphatic hydroxyl groups excluding tert-OH is 1. The number of piperidine rings is 2. The zero-order chi connectivity index (χ0) is 15.0. The van der Waals surface area contributed by atoms with Gasteiger partial charge in [-0.15, -0.1) is 0 Å². The molecule has 2 rings (SSSR count). The molecule has 2 fully saturated rings. The van der Waals surface area contributed by atoms with Crippen LogP contribution in [0.4, 0.5) is 0 Å². The van der Waals surface area contributed by atoms with Gasteiger partial charge in [-0.05, 0) is 59.8 Å². The molecule has 0 saturated carbocycles. The molecule has 0 radical (unpaired) electrons. The average Bonchev–Trinajstić information content (AvgIpc) is 2.39. The first-order chi connectivity index (χ1) is 9.52. The van der Waals surface area contributed by atoms with Crippen LogP contribution in [0.1, 0.15) is 32.6 Å². The lowest BCUT2D eigenvalue weighted by molar-refractivity contribution is -0.149. The van der Waals surface area contributed by atoms with E-state index in [0.717, 1.165) is 51.9 Å². The van der Waals surface area contributed by atoms with Crippen LogP contribution in [0, 0.1) is 5.92 Å². The molecular formula is C15H30N2O3. The van der Waals surface area contributed by atoms with Crippen molar-refractivity contribution in [3.8, 4) is 0 Å². The largest absolute Gasteiger partial charge is 0.466 e. The van der Waals surface area contributed by atoms with Crippen LogP contribution in [-0.2, 0) is 9.53 Å². The van der Waals surface area contributed by atoms with E-state index in [-0.39, 0.29) is 18.0 Å². The minimum Gasteiger partial charge on any atom is -0.466 e. The molecule has 2 heterocycles. The monoisotopic (exact) mass is 286 g/mol. The van der Waals surface area contributed by atoms with E-state index < -0.39 is 0 Å². The number of ether oxygens (including phenoxy) is 1. The van der Waals surface area contributed by atoms with Crippen LogP contribution in [0.25, 0.3) is 0 Å². The number of nitrogens with zero attached hydrogens (tertiary/aromatic N) is 2. The van der Waals surface area contributed by atoms with Crippen LogP contribution < -0.4 is 0 Å². The van der Waals surface area contributed by atoms with Gasteiger partial charge < -0.3 is 19.6 Å². The van der Waals surface area contributed by atoms with E-state index in [4.69, 9.17) is 9.84 Å². The molecule has 0 aromatic rings. The molecular weight excluding hydrogens is 256 g/mol. The van der Waals surface area contributed by atoms with Gasteiger partial charge in [0.2, 0.25) is 0 Å². The number of aliphatic hydroxyl groups is 1. The summed E-state index contributed by atoms with van der Waals surface area (Å²) in [5.74, 6) is 0.0905. The van der Waals surface area contributed by atoms with Crippen molar-refractivity contribution in [3.05, 3.63) is 0 Å². The Labute approximate surface area is 122 Å². The second-order valence-corrected chi connectivity index (χ2v) is 5.91. The molecule has 118 valence electrons. The molecule has 20 heavy (non-hydrogen) atoms. The summed E-state index contributed by atoms with van der Waals surface area (Å²) in [5.41, 5.74) is 0. The van der Waals surface area contributed by atoms with Crippen LogP contribution in [0.2, 0.25) is 0 Å². The van der Waals surface area contributed by atoms with Crippen LogP contribution in [0.3, 0.4) is 0 Å². The molecule has 0 spiro atoms. The summed E-state index contributed by atoms with van der Waals surface area (Å²) in [6, 6.07) is 0. The minimum atomic E-state index is -0.0613. The molecule has 1 N–H and O–H groups in total. The molecule has 0 aromatic heterocycles. The Morgan fingerprint density at radius 1 is 1.15 bits per heavy atom. The van der Waals surface area contributed by atoms with Gasteiger partial charge in [-0.2, -0.15) is 0 Å². The summed E-state index contributed by atoms with van der Waals surface area (Å²) in [5, 5.41) is 9.04. The Hall–Kier alpha value is -0.650. The Morgan fingerprint density at radius 3 is 2.20 bits per heavy atom. The highest BCUT2D eigenvalue weighted by molar-refractivity contribution is 5.72. The van der Waals surface area contributed by atoms with E-state index >= 15 is 0 Å². The summed E-state index contributed by atoms with van der Waals surface area (Å²) in [6.07, 6.45) is 4.18. The van der Waals surface area contributed by atoms with Crippen molar-refractivity contribution < 1.29 is 14.6 Å². The minimum absolute atomic E-state index is 0.0240. The first-order valence-corrected chi connectivity index (χ1v) is 7.74. The lowest BCUT2D eigenvalue weighted by atomic mass is 9.99. The Morgan fingerprint density at radius 2 is 1.75 bits per heavy atom. The fraction of sp³-hybridized carbons (Fsp3) is 0.933. The SMILES string of the molecule is CCOC(=O)C1CCCN(C)C1.CN1CCCC(O)C1. The number of likely N-dealkylation sites (N-methyl/N-ethyl adjacent to an activating group) is 1. The predicted molar refractivity (Wildman–Crippen MR) is 79.6 cm³/mol. The Kier molecular flexibility index (Phi) is 8.11. The molecule has 0 aliphatic carbocycles. The Bertz CT molecular complexity index is 278. The number of hydrogen-bond acceptors (Lipinski definition) is 5. The first-order valence-electron chi connectivity index (χ1n) is 7.74. The number of β-amino-alcohol motifs (C(OH)–C–C–N with tert-alkyl or cyclic N) is 1. The van der Waals surface area contributed by atoms with Gasteiger partial charge in [-0.3, -0.25) is 4.79 Å². The number of esters is 1. The van der Waals surface area contributed by atoms with Crippen molar-refractivity contribution in [2.75, 3.05) is 46.9 Å². The summed E-state index contributed by atoms with van der Waals surface area (Å²) >= 11 is 0. The molecule has 0 amide bonds. The van der Waals surface area contributed by atoms with E-state index in [1.54, 1.807) is 0 Å². The number of carbonyl (C=O) groups excluding carboxylic acids is 1. The van der Waals surface area contributed by atoms with Crippen LogP contribution in [0.15, 0.2) is 0 Å². The van der Waals surface area contributed by atoms with E-state index in [9.17, 15) is 4.79 Å². The highest BCUT2D eigenvalue weighted by Gasteiger charge is 2.24. The molecule has 0 bridgehead atoms. The van der Waals surface area contributed by atoms with Gasteiger partial charge in [0.1, 0.15) is 0 Å². The van der Waals surface area contributed by atoms with Crippen molar-refractivity contribution in [1.82, 2.24) is 9.80 Å². The van der Waals surface area contributed by atoms with Crippen LogP contribution in [-0.4, -0.2) is 73.9 Å². The van der Waals surface area contributed by atoms with Gasteiger partial charge in [0, 0.05) is 13.1 Å². The maximum absolute atomic E-state index is 11.3. The predicted octanol–water partition coefficient (Wildman–Crippen LogP) is 0.964. The van der Waals surface area contributed by atoms with Crippen LogP contribution >= 0.6 is 0 Å². The zero-order valence-electron chi connectivity index (χ0n) is 13.2. The lowest BCUT2D eigenvalue weighted by Gasteiger charge is -2.27. The van der Waals surface area contributed by atoms with E-state index in [1.165, 1.54) is 0 Å². The lowest BCUT2D eigenvalue weighted by Crippen LogP contribution is -2.36. The van der Waals surface area contributed by atoms with Gasteiger partial charge >= 0.3 is 5.97 Å². The fourth-order valence-corrected chi connectivity index (χ4v) is 2.76. The summed E-state index contributed by atoms with van der Waals surface area (Å²) < 4.78 is 4.96. The third-order valence-electron chi connectivity index (χ3n) is 3.84. The third kappa shape index (κ3) is 6.68. The molecule has 5 heteroatoms. The Balaban J connectivity index is 0.000000217. The van der Waals surface area contributed by atoms with E-state index in [0.29, 0.717) is 6.61 Å². The summed E-state index contributed by atoms with van der Waals surface area (Å²) in [6.45, 7) is 6.33. The van der Waals surface area contributed by atoms with Gasteiger partial charge in [-0.25, -0.2) is 0 Å². The topological polar surface area (TPSA) is 53.0 Å². The average molecular weight is 286 g/mol. The number of likely N-dealkylation sites (tertiary alicyclic amines) is 2. The molecule has 0 aromatic carbocycles. The summed E-state index contributed by atoms with van der Waals surface area (Å²) in [4.78, 5) is 15.6. The van der Waals surface area contributed by atoms with Crippen molar-refractivity contribution in [3.63, 3.8) is 0 Å². The van der Waals surface area contributed by atoms with Gasteiger partial charge in [0.25, 0.3) is 0 Å². The second kappa shape index (κ2) is 9.32. The fourth-order valence-electron chi connectivity index (χ4n) is 2.76. The van der Waals surface area contributed by atoms with Gasteiger partial charge in [-0.1, -0.05) is 0 Å². The van der Waals surface area contributed by atoms with Gasteiger partial charge in [0.15, 0.2) is 0 Å². The molecule has 2 saturated heterocycles. The number of rotatable bonds is 2. The highest BCUT2D eigenvalue weighted by Crippen LogP contribution is 2.16. The molecule has 2 unspecified atom stereocenters. The zero-order valence-corrected chi connectivity index (χ0v) is 13.2. The second-order valence-electron chi connectivity index (χ2n) is 5.91. The summed E-state index contributed by atoms with van der Waals surface area (Å²) in [7, 11) is 4.09. The molecule has 2 aliphatic heterocycles. The molecule has 2 aliphatic rings. The van der Waals surface area contributed by atoms with E-state index in [1.807, 2.05) is 21.0 Å². The third-order valence-corrected chi connectivity index (χ3v) is 3.84. The first kappa shape index (κ1) is 17.4. The molecule has 2 atom stereocenters. The molecule has 5 nitrogen and oxygen atoms in total. The van der Waals surface area contributed by atoms with Gasteiger partial charge in [0.05, 0.1) is 18.6 Å². The van der Waals surface area contributed by atoms with Crippen molar-refractivity contribution >= 4 is 5.97 Å². The maximum atomic E-state index is 11.3. The quantitative estimate of drug-likeness (QED) is 0.767. The van der Waals surface area contributed by atoms with Crippen molar-refractivity contribution in [2.45, 2.75) is 38.7 Å². The maximum Gasteiger partial charge on any atom is 0.310 e. The van der Waals surface area contributed by atoms with Crippen molar-refractivity contribution in [1.29, 1.82) is 0 Å². The number of hydrogen-bond donors (Lipinski definition) is 1. The normalized spacial score (nSPS) is 28.4.